The first-order chi connectivity index (χ1) is 24.3. The van der Waals surface area contributed by atoms with Crippen LogP contribution >= 0.6 is 0 Å². The third-order valence-corrected chi connectivity index (χ3v) is 9.59. The first-order valence-electron chi connectivity index (χ1n) is 16.5. The van der Waals surface area contributed by atoms with Crippen molar-refractivity contribution in [3.8, 4) is 39.9 Å². The summed E-state index contributed by atoms with van der Waals surface area (Å²) < 4.78 is 2.44. The molecule has 0 radical (unpaired) electrons. The molecule has 228 valence electrons. The molecule has 0 N–H and O–H groups in total. The largest absolute Gasteiger partial charge is 0.309 e. The molecule has 0 atom stereocenters. The van der Waals surface area contributed by atoms with Crippen molar-refractivity contribution in [2.24, 2.45) is 0 Å². The Labute approximate surface area is 282 Å². The maximum absolute atomic E-state index is 5.05. The molecule has 0 spiro atoms. The lowest BCUT2D eigenvalue weighted by Crippen LogP contribution is -2.01. The normalized spacial score (nSPS) is 11.7. The van der Waals surface area contributed by atoms with Crippen LogP contribution in [0.4, 0.5) is 0 Å². The maximum atomic E-state index is 5.05. The zero-order chi connectivity index (χ0) is 32.3. The summed E-state index contributed by atoms with van der Waals surface area (Å²) in [4.78, 5) is 15.0. The zero-order valence-electron chi connectivity index (χ0n) is 26.5. The fraction of sp³-hybridized carbons (Fsp3) is 0. The Morgan fingerprint density at radius 2 is 0.857 bits per heavy atom. The molecule has 0 fully saturated rings. The molecule has 0 bridgehead atoms. The van der Waals surface area contributed by atoms with Crippen LogP contribution < -0.4 is 0 Å². The van der Waals surface area contributed by atoms with Gasteiger partial charge in [0.15, 0.2) is 17.5 Å². The van der Waals surface area contributed by atoms with E-state index in [2.05, 4.69) is 114 Å². The standard InChI is InChI=1S/C45H28N4/c1-3-15-30(16-4-1)43-46-44(31-17-5-2-6-18-31)48-45(47-43)32-19-13-20-33(28-32)49-39-25-12-11-24-38(39)41-36-23-10-9-22-35(36)37-27-26-29-14-7-8-21-34(29)40(37)42(41)49/h1-28H. The molecule has 0 aliphatic heterocycles. The molecule has 0 saturated carbocycles. The monoisotopic (exact) mass is 624 g/mol. The lowest BCUT2D eigenvalue weighted by Gasteiger charge is -2.15. The van der Waals surface area contributed by atoms with Gasteiger partial charge in [-0.1, -0.05) is 152 Å². The van der Waals surface area contributed by atoms with Crippen molar-refractivity contribution in [1.29, 1.82) is 0 Å². The predicted molar refractivity (Wildman–Crippen MR) is 203 cm³/mol. The Balaban J connectivity index is 1.30. The fourth-order valence-electron chi connectivity index (χ4n) is 7.43. The molecule has 2 aromatic heterocycles. The summed E-state index contributed by atoms with van der Waals surface area (Å²) in [5.41, 5.74) is 6.24. The Kier molecular flexibility index (Phi) is 6.15. The van der Waals surface area contributed by atoms with Gasteiger partial charge in [0.25, 0.3) is 0 Å². The van der Waals surface area contributed by atoms with E-state index in [1.165, 1.54) is 48.6 Å². The average molecular weight is 625 g/mol. The lowest BCUT2D eigenvalue weighted by atomic mass is 9.93. The molecule has 4 nitrogen and oxygen atoms in total. The fourth-order valence-corrected chi connectivity index (χ4v) is 7.43. The van der Waals surface area contributed by atoms with Gasteiger partial charge >= 0.3 is 0 Å². The van der Waals surface area contributed by atoms with Crippen molar-refractivity contribution >= 4 is 54.1 Å². The number of hydrogen-bond donors (Lipinski definition) is 0. The average Bonchev–Trinajstić information content (AvgIpc) is 3.54. The molecule has 10 aromatic rings. The van der Waals surface area contributed by atoms with Gasteiger partial charge < -0.3 is 4.57 Å². The minimum absolute atomic E-state index is 0.635. The molecular formula is C45H28N4. The van der Waals surface area contributed by atoms with Crippen LogP contribution in [0.3, 0.4) is 0 Å². The summed E-state index contributed by atoms with van der Waals surface area (Å²) in [6.45, 7) is 0. The van der Waals surface area contributed by atoms with Gasteiger partial charge in [-0.05, 0) is 45.1 Å². The molecule has 0 aliphatic rings. The van der Waals surface area contributed by atoms with Crippen molar-refractivity contribution < 1.29 is 0 Å². The van der Waals surface area contributed by atoms with E-state index >= 15 is 0 Å². The van der Waals surface area contributed by atoms with E-state index < -0.39 is 0 Å². The maximum Gasteiger partial charge on any atom is 0.164 e. The lowest BCUT2D eigenvalue weighted by molar-refractivity contribution is 1.07. The highest BCUT2D eigenvalue weighted by atomic mass is 15.0. The van der Waals surface area contributed by atoms with Crippen molar-refractivity contribution in [2.75, 3.05) is 0 Å². The van der Waals surface area contributed by atoms with Gasteiger partial charge in [-0.15, -0.1) is 0 Å². The minimum atomic E-state index is 0.635. The third-order valence-electron chi connectivity index (χ3n) is 9.59. The van der Waals surface area contributed by atoms with Crippen molar-refractivity contribution in [2.45, 2.75) is 0 Å². The van der Waals surface area contributed by atoms with E-state index in [1.54, 1.807) is 0 Å². The van der Waals surface area contributed by atoms with Crippen LogP contribution in [0.2, 0.25) is 0 Å². The van der Waals surface area contributed by atoms with Crippen LogP contribution in [0.1, 0.15) is 0 Å². The highest BCUT2D eigenvalue weighted by Gasteiger charge is 2.21. The first kappa shape index (κ1) is 27.5. The SMILES string of the molecule is c1ccc(-c2nc(-c3ccccc3)nc(-c3cccc(-n4c5ccccc5c5c6ccccc6c6ccc7ccccc7c6c54)c3)n2)cc1. The van der Waals surface area contributed by atoms with Gasteiger partial charge in [0, 0.05) is 38.5 Å². The van der Waals surface area contributed by atoms with Gasteiger partial charge in [0.1, 0.15) is 0 Å². The number of hydrogen-bond acceptors (Lipinski definition) is 3. The molecule has 49 heavy (non-hydrogen) atoms. The van der Waals surface area contributed by atoms with E-state index in [9.17, 15) is 0 Å². The zero-order valence-corrected chi connectivity index (χ0v) is 26.5. The molecule has 2 heterocycles. The molecule has 0 aliphatic carbocycles. The molecule has 10 rings (SSSR count). The first-order valence-corrected chi connectivity index (χ1v) is 16.5. The van der Waals surface area contributed by atoms with Crippen LogP contribution in [0, 0.1) is 0 Å². The second-order valence-electron chi connectivity index (χ2n) is 12.4. The Morgan fingerprint density at radius 1 is 0.347 bits per heavy atom. The molecular weight excluding hydrogens is 597 g/mol. The highest BCUT2D eigenvalue weighted by Crippen LogP contribution is 2.44. The molecule has 0 unspecified atom stereocenters. The van der Waals surface area contributed by atoms with E-state index in [0.29, 0.717) is 17.5 Å². The van der Waals surface area contributed by atoms with E-state index in [-0.39, 0.29) is 0 Å². The van der Waals surface area contributed by atoms with E-state index in [1.807, 2.05) is 60.7 Å². The number of fused-ring (bicyclic) bond motifs is 10. The summed E-state index contributed by atoms with van der Waals surface area (Å²) in [7, 11) is 0. The summed E-state index contributed by atoms with van der Waals surface area (Å²) in [5, 5.41) is 9.98. The third kappa shape index (κ3) is 4.35. The molecule has 8 aromatic carbocycles. The van der Waals surface area contributed by atoms with Crippen molar-refractivity contribution in [1.82, 2.24) is 19.5 Å². The van der Waals surface area contributed by atoms with Gasteiger partial charge in [-0.3, -0.25) is 0 Å². The predicted octanol–water partition coefficient (Wildman–Crippen LogP) is 11.4. The molecule has 4 heteroatoms. The Morgan fingerprint density at radius 3 is 1.57 bits per heavy atom. The molecule has 0 saturated heterocycles. The summed E-state index contributed by atoms with van der Waals surface area (Å²) in [5.74, 6) is 1.93. The van der Waals surface area contributed by atoms with Gasteiger partial charge in [-0.25, -0.2) is 15.0 Å². The van der Waals surface area contributed by atoms with Crippen LogP contribution in [0.5, 0.6) is 0 Å². The quantitative estimate of drug-likeness (QED) is 0.183. The number of benzene rings is 8. The molecule has 0 amide bonds. The number of aromatic nitrogens is 4. The van der Waals surface area contributed by atoms with Crippen molar-refractivity contribution in [3.63, 3.8) is 0 Å². The van der Waals surface area contributed by atoms with E-state index in [4.69, 9.17) is 15.0 Å². The van der Waals surface area contributed by atoms with Crippen LogP contribution in [-0.4, -0.2) is 19.5 Å². The Hall–Kier alpha value is -6.65. The summed E-state index contributed by atoms with van der Waals surface area (Å²) >= 11 is 0. The second kappa shape index (κ2) is 11.0. The van der Waals surface area contributed by atoms with Gasteiger partial charge in [0.05, 0.1) is 11.0 Å². The second-order valence-corrected chi connectivity index (χ2v) is 12.4. The van der Waals surface area contributed by atoms with E-state index in [0.717, 1.165) is 27.9 Å². The smallest absolute Gasteiger partial charge is 0.164 e. The van der Waals surface area contributed by atoms with Crippen LogP contribution in [0.25, 0.3) is 94.0 Å². The number of rotatable bonds is 4. The van der Waals surface area contributed by atoms with Crippen LogP contribution in [0.15, 0.2) is 170 Å². The number of nitrogens with zero attached hydrogens (tertiary/aromatic N) is 4. The Bertz CT molecular complexity index is 2820. The van der Waals surface area contributed by atoms with Crippen LogP contribution in [-0.2, 0) is 0 Å². The topological polar surface area (TPSA) is 43.6 Å². The highest BCUT2D eigenvalue weighted by molar-refractivity contribution is 6.36. The minimum Gasteiger partial charge on any atom is -0.309 e. The summed E-state index contributed by atoms with van der Waals surface area (Å²) in [6.07, 6.45) is 0. The summed E-state index contributed by atoms with van der Waals surface area (Å²) in [6, 6.07) is 59.7. The number of para-hydroxylation sites is 1. The van der Waals surface area contributed by atoms with Crippen molar-refractivity contribution in [3.05, 3.63) is 170 Å². The van der Waals surface area contributed by atoms with Gasteiger partial charge in [0.2, 0.25) is 0 Å². The van der Waals surface area contributed by atoms with Gasteiger partial charge in [-0.2, -0.15) is 0 Å².